The molecule has 1 aliphatic heterocycles. The summed E-state index contributed by atoms with van der Waals surface area (Å²) < 4.78 is 16.4. The summed E-state index contributed by atoms with van der Waals surface area (Å²) in [4.78, 5) is 12.0. The number of carbonyl (C=O) groups excluding carboxylic acids is 1. The molecule has 6 heteroatoms. The molecule has 1 amide bonds. The number of ether oxygens (including phenoxy) is 2. The zero-order chi connectivity index (χ0) is 15.4. The highest BCUT2D eigenvalue weighted by Gasteiger charge is 2.18. The standard InChI is InChI=1S/C16H16ClNO4/c17-11-3-1-4-12(9-11)21-15-7-6-14(22-15)16(19)18-10-13-5-2-8-20-13/h1,3-4,6-7,9,13H,2,5,8,10H2,(H,18,19)/t13-/m1/s1. The lowest BCUT2D eigenvalue weighted by molar-refractivity contribution is 0.0831. The van der Waals surface area contributed by atoms with Gasteiger partial charge in [0, 0.05) is 24.2 Å². The molecule has 0 unspecified atom stereocenters. The van der Waals surface area contributed by atoms with E-state index in [0.717, 1.165) is 19.4 Å². The molecule has 1 aliphatic rings. The average molecular weight is 322 g/mol. The fraction of sp³-hybridized carbons (Fsp3) is 0.312. The molecule has 2 heterocycles. The molecule has 0 aliphatic carbocycles. The van der Waals surface area contributed by atoms with Crippen LogP contribution < -0.4 is 10.1 Å². The summed E-state index contributed by atoms with van der Waals surface area (Å²) in [5.74, 6) is 0.712. The first-order chi connectivity index (χ1) is 10.7. The molecule has 0 saturated carbocycles. The minimum absolute atomic E-state index is 0.0982. The molecule has 5 nitrogen and oxygen atoms in total. The first-order valence-corrected chi connectivity index (χ1v) is 7.51. The van der Waals surface area contributed by atoms with E-state index in [1.54, 1.807) is 36.4 Å². The molecule has 1 atom stereocenters. The highest BCUT2D eigenvalue weighted by molar-refractivity contribution is 6.30. The summed E-state index contributed by atoms with van der Waals surface area (Å²) in [5, 5.41) is 3.36. The van der Waals surface area contributed by atoms with Gasteiger partial charge in [0.2, 0.25) is 0 Å². The van der Waals surface area contributed by atoms with Gasteiger partial charge in [0.25, 0.3) is 11.9 Å². The van der Waals surface area contributed by atoms with Gasteiger partial charge < -0.3 is 19.2 Å². The second-order valence-corrected chi connectivity index (χ2v) is 5.46. The second kappa shape index (κ2) is 6.85. The molecule has 3 rings (SSSR count). The van der Waals surface area contributed by atoms with E-state index in [0.29, 0.717) is 17.3 Å². The number of halogens is 1. The third kappa shape index (κ3) is 3.81. The maximum atomic E-state index is 12.0. The van der Waals surface area contributed by atoms with E-state index in [9.17, 15) is 4.79 Å². The average Bonchev–Trinajstić information content (AvgIpc) is 3.16. The molecular formula is C16H16ClNO4. The number of rotatable bonds is 5. The Labute approximate surface area is 133 Å². The van der Waals surface area contributed by atoms with Crippen molar-refractivity contribution in [3.63, 3.8) is 0 Å². The van der Waals surface area contributed by atoms with E-state index in [4.69, 9.17) is 25.5 Å². The van der Waals surface area contributed by atoms with Gasteiger partial charge in [-0.3, -0.25) is 4.79 Å². The van der Waals surface area contributed by atoms with Gasteiger partial charge in [0.05, 0.1) is 6.10 Å². The summed E-state index contributed by atoms with van der Waals surface area (Å²) in [7, 11) is 0. The summed E-state index contributed by atoms with van der Waals surface area (Å²) in [5.41, 5.74) is 0. The number of hydrogen-bond acceptors (Lipinski definition) is 4. The Kier molecular flexibility index (Phi) is 4.65. The maximum absolute atomic E-state index is 12.0. The van der Waals surface area contributed by atoms with Crippen LogP contribution in [0.1, 0.15) is 23.4 Å². The van der Waals surface area contributed by atoms with Crippen LogP contribution in [0.4, 0.5) is 0 Å². The molecule has 2 aromatic rings. The third-order valence-electron chi connectivity index (χ3n) is 3.33. The topological polar surface area (TPSA) is 60.7 Å². The monoisotopic (exact) mass is 321 g/mol. The van der Waals surface area contributed by atoms with Gasteiger partial charge in [-0.15, -0.1) is 0 Å². The van der Waals surface area contributed by atoms with Crippen LogP contribution >= 0.6 is 11.6 Å². The van der Waals surface area contributed by atoms with Crippen LogP contribution in [0.2, 0.25) is 5.02 Å². The number of hydrogen-bond donors (Lipinski definition) is 1. The molecule has 1 saturated heterocycles. The van der Waals surface area contributed by atoms with E-state index in [1.165, 1.54) is 0 Å². The van der Waals surface area contributed by atoms with Crippen molar-refractivity contribution in [2.75, 3.05) is 13.2 Å². The van der Waals surface area contributed by atoms with E-state index in [1.807, 2.05) is 0 Å². The van der Waals surface area contributed by atoms with Crippen molar-refractivity contribution in [2.24, 2.45) is 0 Å². The molecule has 1 aromatic carbocycles. The molecule has 0 radical (unpaired) electrons. The zero-order valence-electron chi connectivity index (χ0n) is 11.9. The van der Waals surface area contributed by atoms with Crippen LogP contribution in [-0.4, -0.2) is 25.2 Å². The molecule has 0 spiro atoms. The van der Waals surface area contributed by atoms with Crippen LogP contribution in [0.3, 0.4) is 0 Å². The Hall–Kier alpha value is -1.98. The predicted octanol–water partition coefficient (Wildman–Crippen LogP) is 3.63. The van der Waals surface area contributed by atoms with Crippen molar-refractivity contribution in [1.82, 2.24) is 5.32 Å². The van der Waals surface area contributed by atoms with Crippen LogP contribution in [0.15, 0.2) is 40.8 Å². The summed E-state index contributed by atoms with van der Waals surface area (Å²) in [6.07, 6.45) is 2.11. The van der Waals surface area contributed by atoms with Gasteiger partial charge in [-0.1, -0.05) is 17.7 Å². The first-order valence-electron chi connectivity index (χ1n) is 7.14. The molecule has 1 N–H and O–H groups in total. The molecule has 0 bridgehead atoms. The highest BCUT2D eigenvalue weighted by atomic mass is 35.5. The molecule has 116 valence electrons. The molecule has 1 fully saturated rings. The normalized spacial score (nSPS) is 17.4. The third-order valence-corrected chi connectivity index (χ3v) is 3.57. The van der Waals surface area contributed by atoms with Crippen LogP contribution in [0.25, 0.3) is 0 Å². The number of furan rings is 1. The minimum atomic E-state index is -0.281. The van der Waals surface area contributed by atoms with Gasteiger partial charge in [0.1, 0.15) is 5.75 Å². The SMILES string of the molecule is O=C(NC[C@H]1CCCO1)c1ccc(Oc2cccc(Cl)c2)o1. The van der Waals surface area contributed by atoms with Crippen LogP contribution in [0, 0.1) is 0 Å². The Morgan fingerprint density at radius 1 is 1.36 bits per heavy atom. The van der Waals surface area contributed by atoms with Crippen molar-refractivity contribution in [2.45, 2.75) is 18.9 Å². The fourth-order valence-electron chi connectivity index (χ4n) is 2.24. The maximum Gasteiger partial charge on any atom is 0.290 e. The summed E-state index contributed by atoms with van der Waals surface area (Å²) in [6.45, 7) is 1.25. The molecule has 1 aromatic heterocycles. The Balaban J connectivity index is 1.57. The lowest BCUT2D eigenvalue weighted by Gasteiger charge is -2.09. The Morgan fingerprint density at radius 2 is 2.27 bits per heavy atom. The van der Waals surface area contributed by atoms with Crippen molar-refractivity contribution < 1.29 is 18.7 Å². The van der Waals surface area contributed by atoms with Gasteiger partial charge in [0.15, 0.2) is 5.76 Å². The fourth-order valence-corrected chi connectivity index (χ4v) is 2.42. The number of amides is 1. The minimum Gasteiger partial charge on any atom is -0.426 e. The number of benzene rings is 1. The van der Waals surface area contributed by atoms with Gasteiger partial charge in [-0.2, -0.15) is 0 Å². The van der Waals surface area contributed by atoms with Crippen molar-refractivity contribution in [1.29, 1.82) is 0 Å². The first kappa shape index (κ1) is 14.9. The van der Waals surface area contributed by atoms with E-state index >= 15 is 0 Å². The number of nitrogens with one attached hydrogen (secondary N) is 1. The highest BCUT2D eigenvalue weighted by Crippen LogP contribution is 2.25. The molecule has 22 heavy (non-hydrogen) atoms. The van der Waals surface area contributed by atoms with Crippen LogP contribution in [0.5, 0.6) is 11.7 Å². The lowest BCUT2D eigenvalue weighted by Crippen LogP contribution is -2.31. The predicted molar refractivity (Wildman–Crippen MR) is 81.5 cm³/mol. The number of carbonyl (C=O) groups is 1. The zero-order valence-corrected chi connectivity index (χ0v) is 12.6. The van der Waals surface area contributed by atoms with E-state index < -0.39 is 0 Å². The van der Waals surface area contributed by atoms with Gasteiger partial charge in [-0.25, -0.2) is 0 Å². The Bertz CT molecular complexity index is 649. The quantitative estimate of drug-likeness (QED) is 0.913. The molecular weight excluding hydrogens is 306 g/mol. The van der Waals surface area contributed by atoms with Crippen LogP contribution in [-0.2, 0) is 4.74 Å². The van der Waals surface area contributed by atoms with E-state index in [2.05, 4.69) is 5.32 Å². The smallest absolute Gasteiger partial charge is 0.290 e. The second-order valence-electron chi connectivity index (χ2n) is 5.02. The van der Waals surface area contributed by atoms with Crippen molar-refractivity contribution >= 4 is 17.5 Å². The lowest BCUT2D eigenvalue weighted by atomic mass is 10.2. The van der Waals surface area contributed by atoms with Gasteiger partial charge in [-0.05, 0) is 37.1 Å². The summed E-state index contributed by atoms with van der Waals surface area (Å²) in [6, 6.07) is 10.1. The Morgan fingerprint density at radius 3 is 3.05 bits per heavy atom. The van der Waals surface area contributed by atoms with Gasteiger partial charge >= 0.3 is 0 Å². The van der Waals surface area contributed by atoms with Crippen molar-refractivity contribution in [3.05, 3.63) is 47.2 Å². The van der Waals surface area contributed by atoms with E-state index in [-0.39, 0.29) is 23.7 Å². The largest absolute Gasteiger partial charge is 0.426 e. The summed E-state index contributed by atoms with van der Waals surface area (Å²) >= 11 is 5.88. The van der Waals surface area contributed by atoms with Crippen molar-refractivity contribution in [3.8, 4) is 11.7 Å².